The maximum atomic E-state index is 12.4. The fraction of sp³-hybridized carbons (Fsp3) is 0.471. The van der Waals surface area contributed by atoms with Gasteiger partial charge in [0.15, 0.2) is 5.69 Å². The molecule has 0 bridgehead atoms. The van der Waals surface area contributed by atoms with Crippen LogP contribution in [0, 0.1) is 13.8 Å². The third-order valence-electron chi connectivity index (χ3n) is 4.37. The van der Waals surface area contributed by atoms with Gasteiger partial charge >= 0.3 is 0 Å². The Morgan fingerprint density at radius 2 is 1.96 bits per heavy atom. The Bertz CT molecular complexity index is 671. The molecule has 0 spiro atoms. The van der Waals surface area contributed by atoms with E-state index in [9.17, 15) is 4.79 Å². The molecule has 2 heterocycles. The highest BCUT2D eigenvalue weighted by molar-refractivity contribution is 5.93. The van der Waals surface area contributed by atoms with Crippen LogP contribution in [0.5, 0.6) is 0 Å². The van der Waals surface area contributed by atoms with Gasteiger partial charge in [-0.3, -0.25) is 4.79 Å². The number of carbonyl (C=O) groups excluding carboxylic acids is 1. The number of piperidine rings is 1. The van der Waals surface area contributed by atoms with E-state index in [1.807, 2.05) is 42.8 Å². The van der Waals surface area contributed by atoms with Crippen molar-refractivity contribution in [3.8, 4) is 0 Å². The number of benzene rings is 1. The maximum Gasteiger partial charge on any atom is 0.274 e. The molecule has 0 atom stereocenters. The van der Waals surface area contributed by atoms with Crippen molar-refractivity contribution in [2.24, 2.45) is 0 Å². The second kappa shape index (κ2) is 6.91. The molecule has 23 heavy (non-hydrogen) atoms. The molecule has 6 heteroatoms. The summed E-state index contributed by atoms with van der Waals surface area (Å²) in [6, 6.07) is 8.46. The Morgan fingerprint density at radius 1 is 1.26 bits per heavy atom. The molecule has 0 radical (unpaired) electrons. The van der Waals surface area contributed by atoms with Crippen LogP contribution in [0.25, 0.3) is 0 Å². The highest BCUT2D eigenvalue weighted by atomic mass is 16.2. The summed E-state index contributed by atoms with van der Waals surface area (Å²) >= 11 is 0. The average molecular weight is 313 g/mol. The number of rotatable bonds is 4. The van der Waals surface area contributed by atoms with Gasteiger partial charge in [-0.1, -0.05) is 35.0 Å². The van der Waals surface area contributed by atoms with Crippen molar-refractivity contribution >= 4 is 5.91 Å². The molecule has 1 aliphatic rings. The monoisotopic (exact) mass is 313 g/mol. The van der Waals surface area contributed by atoms with Gasteiger partial charge < -0.3 is 10.6 Å². The summed E-state index contributed by atoms with van der Waals surface area (Å²) in [6.45, 7) is 6.43. The van der Waals surface area contributed by atoms with E-state index in [2.05, 4.69) is 20.9 Å². The van der Waals surface area contributed by atoms with Gasteiger partial charge in [-0.05, 0) is 45.3 Å². The lowest BCUT2D eigenvalue weighted by Gasteiger charge is -2.23. The van der Waals surface area contributed by atoms with Crippen molar-refractivity contribution in [1.82, 2.24) is 25.6 Å². The summed E-state index contributed by atoms with van der Waals surface area (Å²) in [5.74, 6) is -0.164. The Kier molecular flexibility index (Phi) is 4.71. The summed E-state index contributed by atoms with van der Waals surface area (Å²) in [6.07, 6.45) is 2.04. The maximum absolute atomic E-state index is 12.4. The van der Waals surface area contributed by atoms with E-state index in [0.717, 1.165) is 37.2 Å². The highest BCUT2D eigenvalue weighted by Gasteiger charge is 2.22. The third-order valence-corrected chi connectivity index (χ3v) is 4.37. The third kappa shape index (κ3) is 3.59. The van der Waals surface area contributed by atoms with Gasteiger partial charge in [0, 0.05) is 6.54 Å². The first-order chi connectivity index (χ1) is 11.1. The molecule has 1 aromatic heterocycles. The van der Waals surface area contributed by atoms with Crippen molar-refractivity contribution in [2.75, 3.05) is 13.1 Å². The van der Waals surface area contributed by atoms with Gasteiger partial charge in [0.1, 0.15) is 0 Å². The number of hydrogen-bond acceptors (Lipinski definition) is 4. The molecule has 6 nitrogen and oxygen atoms in total. The van der Waals surface area contributed by atoms with Crippen LogP contribution in [0.4, 0.5) is 0 Å². The Balaban J connectivity index is 1.65. The van der Waals surface area contributed by atoms with Gasteiger partial charge in [0.2, 0.25) is 0 Å². The van der Waals surface area contributed by atoms with E-state index in [1.54, 1.807) is 0 Å². The number of hydrogen-bond donors (Lipinski definition) is 2. The van der Waals surface area contributed by atoms with Gasteiger partial charge in [-0.2, -0.15) is 0 Å². The largest absolute Gasteiger partial charge is 0.347 e. The van der Waals surface area contributed by atoms with Crippen molar-refractivity contribution in [3.63, 3.8) is 0 Å². The first-order valence-corrected chi connectivity index (χ1v) is 8.11. The normalized spacial score (nSPS) is 15.6. The van der Waals surface area contributed by atoms with Gasteiger partial charge in [-0.25, -0.2) is 4.68 Å². The second-order valence-corrected chi connectivity index (χ2v) is 6.12. The van der Waals surface area contributed by atoms with E-state index in [1.165, 1.54) is 5.56 Å². The average Bonchev–Trinajstić information content (AvgIpc) is 2.96. The number of carbonyl (C=O) groups is 1. The summed E-state index contributed by atoms with van der Waals surface area (Å²) in [5, 5.41) is 14.6. The van der Waals surface area contributed by atoms with Gasteiger partial charge in [0.25, 0.3) is 5.91 Å². The smallest absolute Gasteiger partial charge is 0.274 e. The SMILES string of the molecule is Cc1ccc(CNC(=O)c2nnn(C3CCNCC3)c2C)cc1. The molecular formula is C17H23N5O. The molecule has 0 saturated carbocycles. The van der Waals surface area contributed by atoms with Crippen LogP contribution < -0.4 is 10.6 Å². The zero-order chi connectivity index (χ0) is 16.2. The summed E-state index contributed by atoms with van der Waals surface area (Å²) < 4.78 is 1.90. The minimum Gasteiger partial charge on any atom is -0.347 e. The standard InChI is InChI=1S/C17H23N5O/c1-12-3-5-14(6-4-12)11-19-17(23)16-13(2)22(21-20-16)15-7-9-18-10-8-15/h3-6,15,18H,7-11H2,1-2H3,(H,19,23). The molecule has 2 N–H and O–H groups in total. The van der Waals surface area contributed by atoms with Crippen LogP contribution in [-0.2, 0) is 6.54 Å². The zero-order valence-corrected chi connectivity index (χ0v) is 13.7. The Morgan fingerprint density at radius 3 is 2.65 bits per heavy atom. The molecule has 0 unspecified atom stereocenters. The van der Waals surface area contributed by atoms with Crippen LogP contribution in [-0.4, -0.2) is 34.0 Å². The molecule has 1 saturated heterocycles. The Labute approximate surface area is 136 Å². The van der Waals surface area contributed by atoms with Crippen molar-refractivity contribution in [2.45, 2.75) is 39.3 Å². The number of amides is 1. The minimum absolute atomic E-state index is 0.164. The highest BCUT2D eigenvalue weighted by Crippen LogP contribution is 2.20. The van der Waals surface area contributed by atoms with E-state index in [-0.39, 0.29) is 5.91 Å². The molecule has 3 rings (SSSR count). The van der Waals surface area contributed by atoms with Crippen LogP contribution >= 0.6 is 0 Å². The topological polar surface area (TPSA) is 71.8 Å². The number of nitrogens with one attached hydrogen (secondary N) is 2. The fourth-order valence-corrected chi connectivity index (χ4v) is 2.92. The van der Waals surface area contributed by atoms with Gasteiger partial charge in [0.05, 0.1) is 11.7 Å². The Hall–Kier alpha value is -2.21. The van der Waals surface area contributed by atoms with E-state index >= 15 is 0 Å². The first-order valence-electron chi connectivity index (χ1n) is 8.11. The van der Waals surface area contributed by atoms with Crippen LogP contribution in [0.1, 0.15) is 46.2 Å². The lowest BCUT2D eigenvalue weighted by molar-refractivity contribution is 0.0945. The molecule has 1 aliphatic heterocycles. The molecule has 0 aliphatic carbocycles. The number of nitrogens with zero attached hydrogens (tertiary/aromatic N) is 3. The molecule has 1 amide bonds. The van der Waals surface area contributed by atoms with E-state index < -0.39 is 0 Å². The molecule has 2 aromatic rings. The lowest BCUT2D eigenvalue weighted by atomic mass is 10.1. The predicted molar refractivity (Wildman–Crippen MR) is 88.2 cm³/mol. The number of aromatic nitrogens is 3. The predicted octanol–water partition coefficient (Wildman–Crippen LogP) is 1.75. The molecule has 1 aromatic carbocycles. The van der Waals surface area contributed by atoms with Crippen LogP contribution in [0.3, 0.4) is 0 Å². The molecule has 1 fully saturated rings. The minimum atomic E-state index is -0.164. The summed E-state index contributed by atoms with van der Waals surface area (Å²) in [5.41, 5.74) is 3.56. The fourth-order valence-electron chi connectivity index (χ4n) is 2.92. The lowest BCUT2D eigenvalue weighted by Crippen LogP contribution is -2.30. The van der Waals surface area contributed by atoms with Crippen LogP contribution in [0.15, 0.2) is 24.3 Å². The number of aryl methyl sites for hydroxylation is 1. The summed E-state index contributed by atoms with van der Waals surface area (Å²) in [4.78, 5) is 12.4. The van der Waals surface area contributed by atoms with E-state index in [0.29, 0.717) is 18.3 Å². The molecular weight excluding hydrogens is 290 g/mol. The van der Waals surface area contributed by atoms with Crippen molar-refractivity contribution in [3.05, 3.63) is 46.8 Å². The summed E-state index contributed by atoms with van der Waals surface area (Å²) in [7, 11) is 0. The van der Waals surface area contributed by atoms with Gasteiger partial charge in [-0.15, -0.1) is 5.10 Å². The quantitative estimate of drug-likeness (QED) is 0.902. The van der Waals surface area contributed by atoms with Crippen molar-refractivity contribution < 1.29 is 4.79 Å². The van der Waals surface area contributed by atoms with E-state index in [4.69, 9.17) is 0 Å². The first kappa shape index (κ1) is 15.7. The van der Waals surface area contributed by atoms with Crippen LogP contribution in [0.2, 0.25) is 0 Å². The second-order valence-electron chi connectivity index (χ2n) is 6.12. The zero-order valence-electron chi connectivity index (χ0n) is 13.7. The molecule has 122 valence electrons. The van der Waals surface area contributed by atoms with Crippen molar-refractivity contribution in [1.29, 1.82) is 0 Å².